The van der Waals surface area contributed by atoms with Crippen LogP contribution >= 0.6 is 0 Å². The minimum absolute atomic E-state index is 0.509. The number of benzene rings is 6. The van der Waals surface area contributed by atoms with Crippen molar-refractivity contribution >= 4 is 0 Å². The Labute approximate surface area is 278 Å². The topological polar surface area (TPSA) is 36.9 Å². The van der Waals surface area contributed by atoms with Crippen LogP contribution in [0.5, 0.6) is 17.2 Å². The van der Waals surface area contributed by atoms with Gasteiger partial charge >= 0.3 is 0 Å². The average Bonchev–Trinajstić information content (AvgIpc) is 3.13. The second-order valence-corrected chi connectivity index (χ2v) is 11.6. The Bertz CT molecular complexity index is 1810. The van der Waals surface area contributed by atoms with Gasteiger partial charge in [0.25, 0.3) is 0 Å². The standard InChI is InChI=1S/C43H40O4/c1-32-9-7-10-34(29-32)31-46-42-14-8-11-36(30-42)35-17-15-33(16-18-35)27-28-47-43(37-12-5-4-6-13-37,38-19-23-40(44-2)24-20-38)39-21-25-41(45-3)26-22-39/h4-26,29-30H,27-28,31H2,1-3H3. The highest BCUT2D eigenvalue weighted by Gasteiger charge is 2.37. The molecule has 0 amide bonds. The fraction of sp³-hybridized carbons (Fsp3) is 0.163. The van der Waals surface area contributed by atoms with Gasteiger partial charge in [0.2, 0.25) is 0 Å². The largest absolute Gasteiger partial charge is 0.497 e. The van der Waals surface area contributed by atoms with E-state index < -0.39 is 5.60 Å². The van der Waals surface area contributed by atoms with Gasteiger partial charge in [0.15, 0.2) is 0 Å². The van der Waals surface area contributed by atoms with E-state index in [1.54, 1.807) is 14.2 Å². The second kappa shape index (κ2) is 14.8. The van der Waals surface area contributed by atoms with Crippen LogP contribution in [0.1, 0.15) is 33.4 Å². The van der Waals surface area contributed by atoms with Crippen LogP contribution in [-0.2, 0) is 23.4 Å². The molecule has 47 heavy (non-hydrogen) atoms. The van der Waals surface area contributed by atoms with Crippen molar-refractivity contribution in [1.29, 1.82) is 0 Å². The molecule has 6 aromatic rings. The average molecular weight is 621 g/mol. The van der Waals surface area contributed by atoms with Crippen molar-refractivity contribution in [3.8, 4) is 28.4 Å². The highest BCUT2D eigenvalue weighted by Crippen LogP contribution is 2.41. The summed E-state index contributed by atoms with van der Waals surface area (Å²) < 4.78 is 24.1. The van der Waals surface area contributed by atoms with E-state index in [1.807, 2.05) is 42.5 Å². The zero-order chi connectivity index (χ0) is 32.5. The summed E-state index contributed by atoms with van der Waals surface area (Å²) in [5, 5.41) is 0. The van der Waals surface area contributed by atoms with E-state index in [-0.39, 0.29) is 0 Å². The molecule has 0 aliphatic carbocycles. The second-order valence-electron chi connectivity index (χ2n) is 11.6. The third kappa shape index (κ3) is 7.40. The van der Waals surface area contributed by atoms with E-state index in [9.17, 15) is 0 Å². The molecule has 0 atom stereocenters. The van der Waals surface area contributed by atoms with Crippen LogP contribution in [-0.4, -0.2) is 20.8 Å². The first-order chi connectivity index (χ1) is 23.1. The zero-order valence-corrected chi connectivity index (χ0v) is 27.2. The maximum absolute atomic E-state index is 7.04. The van der Waals surface area contributed by atoms with Crippen LogP contribution in [0, 0.1) is 6.92 Å². The van der Waals surface area contributed by atoms with Crippen molar-refractivity contribution < 1.29 is 18.9 Å². The van der Waals surface area contributed by atoms with Crippen molar-refractivity contribution in [1.82, 2.24) is 0 Å². The molecule has 0 saturated carbocycles. The number of ether oxygens (including phenoxy) is 4. The summed E-state index contributed by atoms with van der Waals surface area (Å²) in [4.78, 5) is 0. The molecular formula is C43H40O4. The van der Waals surface area contributed by atoms with Crippen molar-refractivity contribution in [2.45, 2.75) is 25.6 Å². The predicted molar refractivity (Wildman–Crippen MR) is 189 cm³/mol. The summed E-state index contributed by atoms with van der Waals surface area (Å²) in [5.41, 5.74) is 8.13. The number of aryl methyl sites for hydroxylation is 1. The number of methoxy groups -OCH3 is 2. The van der Waals surface area contributed by atoms with Gasteiger partial charge in [-0.3, -0.25) is 0 Å². The summed E-state index contributed by atoms with van der Waals surface area (Å²) in [6, 6.07) is 52.1. The van der Waals surface area contributed by atoms with Gasteiger partial charge in [0.1, 0.15) is 29.5 Å². The lowest BCUT2D eigenvalue weighted by Gasteiger charge is -2.36. The molecule has 0 N–H and O–H groups in total. The zero-order valence-electron chi connectivity index (χ0n) is 27.2. The molecule has 4 nitrogen and oxygen atoms in total. The fourth-order valence-corrected chi connectivity index (χ4v) is 5.99. The van der Waals surface area contributed by atoms with Gasteiger partial charge < -0.3 is 18.9 Å². The Hall–Kier alpha value is -5.32. The molecule has 6 aromatic carbocycles. The molecule has 0 aliphatic heterocycles. The van der Waals surface area contributed by atoms with Gasteiger partial charge in [0.05, 0.1) is 20.8 Å². The molecule has 0 aliphatic rings. The molecule has 0 heterocycles. The van der Waals surface area contributed by atoms with Crippen molar-refractivity contribution in [3.05, 3.63) is 185 Å². The van der Waals surface area contributed by atoms with E-state index in [2.05, 4.69) is 116 Å². The van der Waals surface area contributed by atoms with Crippen molar-refractivity contribution in [2.24, 2.45) is 0 Å². The Morgan fingerprint density at radius 3 is 1.72 bits per heavy atom. The van der Waals surface area contributed by atoms with E-state index in [0.29, 0.717) is 13.2 Å². The molecular weight excluding hydrogens is 580 g/mol. The predicted octanol–water partition coefficient (Wildman–Crippen LogP) is 9.81. The van der Waals surface area contributed by atoms with Gasteiger partial charge in [-0.15, -0.1) is 0 Å². The highest BCUT2D eigenvalue weighted by molar-refractivity contribution is 5.65. The molecule has 4 heteroatoms. The van der Waals surface area contributed by atoms with E-state index in [1.165, 1.54) is 11.1 Å². The number of hydrogen-bond acceptors (Lipinski definition) is 4. The first-order valence-electron chi connectivity index (χ1n) is 15.9. The molecule has 0 saturated heterocycles. The van der Waals surface area contributed by atoms with Crippen LogP contribution in [0.25, 0.3) is 11.1 Å². The van der Waals surface area contributed by atoms with Gasteiger partial charge in [0, 0.05) is 0 Å². The quantitative estimate of drug-likeness (QED) is 0.121. The smallest absolute Gasteiger partial charge is 0.143 e. The van der Waals surface area contributed by atoms with Crippen LogP contribution in [0.4, 0.5) is 0 Å². The molecule has 0 spiro atoms. The molecule has 6 rings (SSSR count). The molecule has 0 radical (unpaired) electrons. The Morgan fingerprint density at radius 2 is 1.11 bits per heavy atom. The van der Waals surface area contributed by atoms with Crippen LogP contribution < -0.4 is 14.2 Å². The Kier molecular flexibility index (Phi) is 10.00. The lowest BCUT2D eigenvalue weighted by molar-refractivity contribution is 0.0147. The summed E-state index contributed by atoms with van der Waals surface area (Å²) in [7, 11) is 3.36. The highest BCUT2D eigenvalue weighted by atomic mass is 16.5. The number of hydrogen-bond donors (Lipinski definition) is 0. The monoisotopic (exact) mass is 620 g/mol. The fourth-order valence-electron chi connectivity index (χ4n) is 5.99. The lowest BCUT2D eigenvalue weighted by atomic mass is 9.80. The van der Waals surface area contributed by atoms with Crippen LogP contribution in [0.2, 0.25) is 0 Å². The first kappa shape index (κ1) is 31.7. The first-order valence-corrected chi connectivity index (χ1v) is 15.9. The maximum atomic E-state index is 7.04. The third-order valence-corrected chi connectivity index (χ3v) is 8.49. The van der Waals surface area contributed by atoms with Gasteiger partial charge in [-0.1, -0.05) is 121 Å². The summed E-state index contributed by atoms with van der Waals surface area (Å²) in [6.07, 6.45) is 0.751. The molecule has 0 bridgehead atoms. The normalized spacial score (nSPS) is 11.2. The third-order valence-electron chi connectivity index (χ3n) is 8.49. The molecule has 0 fully saturated rings. The van der Waals surface area contributed by atoms with Gasteiger partial charge in [-0.2, -0.15) is 0 Å². The minimum atomic E-state index is -0.835. The number of rotatable bonds is 13. The molecule has 236 valence electrons. The maximum Gasteiger partial charge on any atom is 0.143 e. The van der Waals surface area contributed by atoms with E-state index in [0.717, 1.165) is 57.1 Å². The summed E-state index contributed by atoms with van der Waals surface area (Å²) >= 11 is 0. The van der Waals surface area contributed by atoms with E-state index >= 15 is 0 Å². The van der Waals surface area contributed by atoms with Crippen LogP contribution in [0.15, 0.2) is 152 Å². The van der Waals surface area contributed by atoms with E-state index in [4.69, 9.17) is 18.9 Å². The van der Waals surface area contributed by atoms with Crippen molar-refractivity contribution in [2.75, 3.05) is 20.8 Å². The summed E-state index contributed by atoms with van der Waals surface area (Å²) in [5.74, 6) is 2.46. The minimum Gasteiger partial charge on any atom is -0.497 e. The van der Waals surface area contributed by atoms with Crippen LogP contribution in [0.3, 0.4) is 0 Å². The Morgan fingerprint density at radius 1 is 0.489 bits per heavy atom. The van der Waals surface area contributed by atoms with Gasteiger partial charge in [-0.25, -0.2) is 0 Å². The molecule has 0 unspecified atom stereocenters. The summed E-state index contributed by atoms with van der Waals surface area (Å²) in [6.45, 7) is 3.15. The SMILES string of the molecule is COc1ccc(C(OCCc2ccc(-c3cccc(OCc4cccc(C)c4)c3)cc2)(c2ccccc2)c2ccc(OC)cc2)cc1. The van der Waals surface area contributed by atoms with Crippen molar-refractivity contribution in [3.63, 3.8) is 0 Å². The Balaban J connectivity index is 1.22. The lowest BCUT2D eigenvalue weighted by Crippen LogP contribution is -2.33. The molecule has 0 aromatic heterocycles. The van der Waals surface area contributed by atoms with Gasteiger partial charge in [-0.05, 0) is 88.7 Å².